The maximum Gasteiger partial charge on any atom is 0.336 e. The van der Waals surface area contributed by atoms with Crippen LogP contribution in [0.25, 0.3) is 0 Å². The molecule has 0 radical (unpaired) electrons. The van der Waals surface area contributed by atoms with Crippen LogP contribution in [0.2, 0.25) is 5.02 Å². The first-order valence-corrected chi connectivity index (χ1v) is 12.2. The van der Waals surface area contributed by atoms with Gasteiger partial charge in [-0.1, -0.05) is 43.6 Å². The lowest BCUT2D eigenvalue weighted by Gasteiger charge is -2.38. The zero-order valence-electron chi connectivity index (χ0n) is 18.7. The molecular weight excluding hydrogens is 450 g/mol. The van der Waals surface area contributed by atoms with E-state index in [2.05, 4.69) is 5.32 Å². The van der Waals surface area contributed by atoms with Gasteiger partial charge in [0.25, 0.3) is 0 Å². The number of hydrogen-bond donors (Lipinski definition) is 1. The van der Waals surface area contributed by atoms with Crippen molar-refractivity contribution in [1.82, 2.24) is 5.32 Å². The highest BCUT2D eigenvalue weighted by atomic mass is 35.5. The molecule has 1 aromatic carbocycles. The SMILES string of the molecule is CCSCCOC(=O)C1=C(C)NC2=C(C(=O)[C@H](C(=O)OC)[C@@H](C)C2)[C@@H]1c1ccccc1Cl. The van der Waals surface area contributed by atoms with Crippen molar-refractivity contribution in [3.8, 4) is 0 Å². The Kier molecular flexibility index (Phi) is 8.06. The van der Waals surface area contributed by atoms with Gasteiger partial charge in [0.2, 0.25) is 0 Å². The number of halogens is 1. The van der Waals surface area contributed by atoms with E-state index in [-0.39, 0.29) is 18.3 Å². The summed E-state index contributed by atoms with van der Waals surface area (Å²) < 4.78 is 10.5. The normalized spacial score (nSPS) is 22.9. The lowest BCUT2D eigenvalue weighted by molar-refractivity contribution is -0.151. The highest BCUT2D eigenvalue weighted by molar-refractivity contribution is 7.99. The number of carbonyl (C=O) groups is 3. The number of ketones is 1. The summed E-state index contributed by atoms with van der Waals surface area (Å²) in [5, 5.41) is 3.68. The van der Waals surface area contributed by atoms with Crippen LogP contribution in [0.4, 0.5) is 0 Å². The largest absolute Gasteiger partial charge is 0.468 e. The van der Waals surface area contributed by atoms with E-state index in [0.29, 0.717) is 45.3 Å². The number of Topliss-reactive ketones (excluding diaryl/α,β-unsaturated/α-hetero) is 1. The van der Waals surface area contributed by atoms with Crippen molar-refractivity contribution >= 4 is 41.1 Å². The van der Waals surface area contributed by atoms with Gasteiger partial charge in [0.1, 0.15) is 12.5 Å². The van der Waals surface area contributed by atoms with Crippen molar-refractivity contribution in [1.29, 1.82) is 0 Å². The van der Waals surface area contributed by atoms with Crippen molar-refractivity contribution in [2.75, 3.05) is 25.2 Å². The second-order valence-corrected chi connectivity index (χ2v) is 9.69. The van der Waals surface area contributed by atoms with E-state index in [0.717, 1.165) is 5.75 Å². The van der Waals surface area contributed by atoms with Gasteiger partial charge in [-0.25, -0.2) is 4.79 Å². The van der Waals surface area contributed by atoms with Crippen LogP contribution in [0.5, 0.6) is 0 Å². The van der Waals surface area contributed by atoms with Crippen LogP contribution in [0.1, 0.15) is 38.7 Å². The molecule has 1 aliphatic carbocycles. The highest BCUT2D eigenvalue weighted by Crippen LogP contribution is 2.46. The van der Waals surface area contributed by atoms with E-state index < -0.39 is 23.8 Å². The molecule has 0 bridgehead atoms. The first-order valence-electron chi connectivity index (χ1n) is 10.6. The topological polar surface area (TPSA) is 81.7 Å². The number of hydrogen-bond acceptors (Lipinski definition) is 7. The van der Waals surface area contributed by atoms with E-state index in [4.69, 9.17) is 21.1 Å². The molecule has 0 spiro atoms. The van der Waals surface area contributed by atoms with Crippen molar-refractivity contribution in [2.45, 2.75) is 33.1 Å². The molecule has 32 heavy (non-hydrogen) atoms. The van der Waals surface area contributed by atoms with Crippen LogP contribution in [-0.2, 0) is 23.9 Å². The Morgan fingerprint density at radius 3 is 2.66 bits per heavy atom. The lowest BCUT2D eigenvalue weighted by atomic mass is 9.69. The number of dihydropyridines is 1. The number of esters is 2. The molecule has 1 aromatic rings. The van der Waals surface area contributed by atoms with Gasteiger partial charge >= 0.3 is 11.9 Å². The van der Waals surface area contributed by atoms with Gasteiger partial charge in [-0.2, -0.15) is 11.8 Å². The molecule has 8 heteroatoms. The maximum atomic E-state index is 13.6. The Labute approximate surface area is 197 Å². The summed E-state index contributed by atoms with van der Waals surface area (Å²) in [6.07, 6.45) is 0.481. The number of benzene rings is 1. The van der Waals surface area contributed by atoms with Gasteiger partial charge in [-0.05, 0) is 36.6 Å². The molecule has 1 N–H and O–H groups in total. The van der Waals surface area contributed by atoms with Crippen molar-refractivity contribution in [3.63, 3.8) is 0 Å². The molecule has 0 unspecified atom stereocenters. The van der Waals surface area contributed by atoms with Crippen LogP contribution in [0.3, 0.4) is 0 Å². The predicted molar refractivity (Wildman–Crippen MR) is 125 cm³/mol. The van der Waals surface area contributed by atoms with Crippen LogP contribution < -0.4 is 5.32 Å². The van der Waals surface area contributed by atoms with Crippen LogP contribution >= 0.6 is 23.4 Å². The fourth-order valence-electron chi connectivity index (χ4n) is 4.39. The number of allylic oxidation sites excluding steroid dienone is 3. The number of rotatable bonds is 7. The average Bonchev–Trinajstić information content (AvgIpc) is 2.75. The Morgan fingerprint density at radius 1 is 1.28 bits per heavy atom. The van der Waals surface area contributed by atoms with Gasteiger partial charge < -0.3 is 14.8 Å². The van der Waals surface area contributed by atoms with Crippen LogP contribution in [0, 0.1) is 11.8 Å². The second-order valence-electron chi connectivity index (χ2n) is 7.89. The van der Waals surface area contributed by atoms with Gasteiger partial charge in [0.05, 0.1) is 12.7 Å². The van der Waals surface area contributed by atoms with E-state index in [1.807, 2.05) is 19.9 Å². The summed E-state index contributed by atoms with van der Waals surface area (Å²) in [4.78, 5) is 39.2. The third-order valence-electron chi connectivity index (χ3n) is 5.84. The molecule has 172 valence electrons. The third kappa shape index (κ3) is 4.74. The fraction of sp³-hybridized carbons (Fsp3) is 0.458. The molecule has 1 aliphatic heterocycles. The van der Waals surface area contributed by atoms with Gasteiger partial charge in [0, 0.05) is 33.7 Å². The Morgan fingerprint density at radius 2 is 2.00 bits per heavy atom. The molecule has 0 fully saturated rings. The molecule has 6 nitrogen and oxygen atoms in total. The summed E-state index contributed by atoms with van der Waals surface area (Å²) in [5.74, 6) is -1.68. The van der Waals surface area contributed by atoms with Crippen molar-refractivity contribution in [2.24, 2.45) is 11.8 Å². The minimum atomic E-state index is -0.929. The van der Waals surface area contributed by atoms with Gasteiger partial charge in [-0.15, -0.1) is 0 Å². The molecule has 2 aliphatic rings. The molecule has 1 heterocycles. The van der Waals surface area contributed by atoms with Crippen LogP contribution in [0.15, 0.2) is 46.8 Å². The highest BCUT2D eigenvalue weighted by Gasteiger charge is 2.47. The predicted octanol–water partition coefficient (Wildman–Crippen LogP) is 4.25. The minimum Gasteiger partial charge on any atom is -0.468 e. The number of ether oxygens (including phenoxy) is 2. The lowest BCUT2D eigenvalue weighted by Crippen LogP contribution is -2.43. The zero-order valence-corrected chi connectivity index (χ0v) is 20.3. The monoisotopic (exact) mass is 477 g/mol. The number of carbonyl (C=O) groups excluding carboxylic acids is 3. The molecule has 3 atom stereocenters. The standard InChI is InChI=1S/C24H28ClNO5S/c1-5-32-11-10-31-24(29)19-14(3)26-17-12-13(2)18(23(28)30-4)22(27)21(17)20(19)15-8-6-7-9-16(15)25/h6-9,13,18,20,26H,5,10-12H2,1-4H3/t13-,18+,20+/m0/s1. The summed E-state index contributed by atoms with van der Waals surface area (Å²) in [6.45, 7) is 5.96. The van der Waals surface area contributed by atoms with Crippen molar-refractivity contribution < 1.29 is 23.9 Å². The Balaban J connectivity index is 2.09. The molecule has 0 amide bonds. The zero-order chi connectivity index (χ0) is 23.4. The van der Waals surface area contributed by atoms with Gasteiger partial charge in [-0.3, -0.25) is 9.59 Å². The molecule has 3 rings (SSSR count). The van der Waals surface area contributed by atoms with Crippen molar-refractivity contribution in [3.05, 3.63) is 57.4 Å². The number of methoxy groups -OCH3 is 1. The second kappa shape index (κ2) is 10.6. The Bertz CT molecular complexity index is 986. The summed E-state index contributed by atoms with van der Waals surface area (Å²) >= 11 is 8.21. The molecule has 0 aromatic heterocycles. The first-order chi connectivity index (χ1) is 15.3. The Hall–Kier alpha value is -2.25. The summed E-state index contributed by atoms with van der Waals surface area (Å²) in [5.41, 5.74) is 2.68. The minimum absolute atomic E-state index is 0.236. The molecule has 0 saturated heterocycles. The fourth-order valence-corrected chi connectivity index (χ4v) is 5.12. The number of nitrogens with one attached hydrogen (secondary N) is 1. The van der Waals surface area contributed by atoms with Gasteiger partial charge in [0.15, 0.2) is 5.78 Å². The first kappa shape index (κ1) is 24.4. The quantitative estimate of drug-likeness (QED) is 0.357. The average molecular weight is 478 g/mol. The number of thioether (sulfide) groups is 1. The smallest absolute Gasteiger partial charge is 0.336 e. The van der Waals surface area contributed by atoms with E-state index in [1.165, 1.54) is 7.11 Å². The van der Waals surface area contributed by atoms with Crippen LogP contribution in [-0.4, -0.2) is 42.9 Å². The maximum absolute atomic E-state index is 13.6. The molecular formula is C24H28ClNO5S. The van der Waals surface area contributed by atoms with E-state index in [9.17, 15) is 14.4 Å². The molecule has 0 saturated carbocycles. The third-order valence-corrected chi connectivity index (χ3v) is 7.05. The summed E-state index contributed by atoms with van der Waals surface area (Å²) in [6, 6.07) is 7.13. The van der Waals surface area contributed by atoms with E-state index >= 15 is 0 Å². The summed E-state index contributed by atoms with van der Waals surface area (Å²) in [7, 11) is 1.28. The van der Waals surface area contributed by atoms with E-state index in [1.54, 1.807) is 36.9 Å².